The second-order valence-electron chi connectivity index (χ2n) is 7.21. The Balaban J connectivity index is 1.78. The van der Waals surface area contributed by atoms with Crippen molar-refractivity contribution in [3.05, 3.63) is 76.3 Å². The zero-order chi connectivity index (χ0) is 23.4. The lowest BCUT2D eigenvalue weighted by Gasteiger charge is -2.35. The van der Waals surface area contributed by atoms with E-state index in [1.54, 1.807) is 19.0 Å². The number of aryl methyl sites for hydroxylation is 1. The van der Waals surface area contributed by atoms with Crippen molar-refractivity contribution in [2.75, 3.05) is 18.7 Å². The molecule has 172 valence electrons. The fourth-order valence-electron chi connectivity index (χ4n) is 3.31. The van der Waals surface area contributed by atoms with E-state index in [0.717, 1.165) is 28.8 Å². The number of nitrogens with zero attached hydrogens (tertiary/aromatic N) is 5. The summed E-state index contributed by atoms with van der Waals surface area (Å²) >= 11 is 2.71. The third-order valence-electron chi connectivity index (χ3n) is 4.98. The van der Waals surface area contributed by atoms with Crippen molar-refractivity contribution < 1.29 is 13.6 Å². The molecule has 0 radical (unpaired) electrons. The van der Waals surface area contributed by atoms with Gasteiger partial charge in [-0.05, 0) is 37.6 Å². The highest BCUT2D eigenvalue weighted by Crippen LogP contribution is 2.52. The van der Waals surface area contributed by atoms with E-state index in [1.807, 2.05) is 37.3 Å². The zero-order valence-electron chi connectivity index (χ0n) is 18.2. The first kappa shape index (κ1) is 23.3. The van der Waals surface area contributed by atoms with Crippen LogP contribution in [-0.4, -0.2) is 34.7 Å². The summed E-state index contributed by atoms with van der Waals surface area (Å²) in [6, 6.07) is 13.1. The van der Waals surface area contributed by atoms with Gasteiger partial charge in [0.05, 0.1) is 6.61 Å². The molecule has 1 atom stereocenters. The fraction of sp³-hybridized carbons (Fsp3) is 0.273. The van der Waals surface area contributed by atoms with Gasteiger partial charge in [0.1, 0.15) is 32.4 Å². The summed E-state index contributed by atoms with van der Waals surface area (Å²) in [4.78, 5) is 8.83. The Bertz CT molecular complexity index is 1190. The van der Waals surface area contributed by atoms with E-state index in [4.69, 9.17) is 9.94 Å². The number of aliphatic imine (C=N–C) groups is 1. The van der Waals surface area contributed by atoms with Crippen LogP contribution in [0.2, 0.25) is 0 Å². The number of halogens is 2. The monoisotopic (exact) mass is 488 g/mol. The minimum atomic E-state index is -0.819. The number of anilines is 1. The van der Waals surface area contributed by atoms with Gasteiger partial charge in [-0.25, -0.2) is 13.8 Å². The number of thioether (sulfide) groups is 1. The van der Waals surface area contributed by atoms with Crippen LogP contribution in [0.4, 0.5) is 13.9 Å². The molecule has 3 aromatic rings. The minimum Gasteiger partial charge on any atom is -0.275 e. The van der Waals surface area contributed by atoms with E-state index in [1.165, 1.54) is 23.1 Å². The van der Waals surface area contributed by atoms with Gasteiger partial charge in [-0.2, -0.15) is 5.10 Å². The number of hydrogen-bond donors (Lipinski definition) is 1. The molecule has 0 fully saturated rings. The van der Waals surface area contributed by atoms with E-state index in [2.05, 4.69) is 20.7 Å². The number of benzene rings is 2. The Morgan fingerprint density at radius 3 is 2.67 bits per heavy atom. The topological polar surface area (TPSA) is 75.0 Å². The fourth-order valence-corrected chi connectivity index (χ4v) is 5.44. The molecule has 1 aliphatic heterocycles. The molecular weight excluding hydrogens is 466 g/mol. The smallest absolute Gasteiger partial charge is 0.230 e. The van der Waals surface area contributed by atoms with Crippen LogP contribution in [0.3, 0.4) is 0 Å². The molecule has 1 N–H and O–H groups in total. The highest BCUT2D eigenvalue weighted by molar-refractivity contribution is 8.15. The molecule has 2 aromatic carbocycles. The molecule has 0 bridgehead atoms. The summed E-state index contributed by atoms with van der Waals surface area (Å²) in [7, 11) is 1.66. The predicted octanol–water partition coefficient (Wildman–Crippen LogP) is 4.85. The molecule has 2 heterocycles. The highest BCUT2D eigenvalue weighted by Gasteiger charge is 2.48. The number of nitrogens with one attached hydrogen (secondary N) is 1. The summed E-state index contributed by atoms with van der Waals surface area (Å²) in [5.74, 6) is -0.446. The van der Waals surface area contributed by atoms with E-state index < -0.39 is 16.5 Å². The maximum Gasteiger partial charge on any atom is 0.230 e. The molecule has 11 heteroatoms. The standard InChI is InChI=1S/C22H22F2N6OS2/c1-14(25-3)29-31-12-11-22(16-7-5-4-6-8-16)30(21-27-26-15(2)32-21)28-20(33-22)18-13-17(23)9-10-19(18)24/h4-10,13H,11-12H2,1-3H3,(H,25,29). The van der Waals surface area contributed by atoms with Gasteiger partial charge in [-0.3, -0.25) is 15.3 Å². The van der Waals surface area contributed by atoms with Crippen molar-refractivity contribution in [3.63, 3.8) is 0 Å². The van der Waals surface area contributed by atoms with E-state index in [-0.39, 0.29) is 12.2 Å². The highest BCUT2D eigenvalue weighted by atomic mass is 32.2. The molecule has 0 saturated heterocycles. The van der Waals surface area contributed by atoms with Crippen molar-refractivity contribution in [3.8, 4) is 0 Å². The van der Waals surface area contributed by atoms with Crippen molar-refractivity contribution in [2.45, 2.75) is 25.1 Å². The van der Waals surface area contributed by atoms with Crippen molar-refractivity contribution in [1.29, 1.82) is 0 Å². The van der Waals surface area contributed by atoms with Crippen LogP contribution in [0.25, 0.3) is 0 Å². The summed E-state index contributed by atoms with van der Waals surface area (Å²) in [5.41, 5.74) is 3.81. The summed E-state index contributed by atoms with van der Waals surface area (Å²) < 4.78 is 28.7. The van der Waals surface area contributed by atoms with Crippen LogP contribution in [0, 0.1) is 18.6 Å². The number of hydrazone groups is 1. The van der Waals surface area contributed by atoms with Crippen molar-refractivity contribution >= 4 is 39.1 Å². The van der Waals surface area contributed by atoms with E-state index in [0.29, 0.717) is 22.4 Å². The quantitative estimate of drug-likeness (QED) is 0.222. The largest absolute Gasteiger partial charge is 0.275 e. The zero-order valence-corrected chi connectivity index (χ0v) is 19.9. The van der Waals surface area contributed by atoms with Gasteiger partial charge in [-0.15, -0.1) is 10.2 Å². The first-order chi connectivity index (χ1) is 15.9. The van der Waals surface area contributed by atoms with Crippen LogP contribution in [-0.2, 0) is 9.71 Å². The first-order valence-corrected chi connectivity index (χ1v) is 11.8. The van der Waals surface area contributed by atoms with E-state index >= 15 is 0 Å². The predicted molar refractivity (Wildman–Crippen MR) is 128 cm³/mol. The molecule has 0 saturated carbocycles. The minimum absolute atomic E-state index is 0.0945. The lowest BCUT2D eigenvalue weighted by Crippen LogP contribution is -2.39. The van der Waals surface area contributed by atoms with Gasteiger partial charge in [0.25, 0.3) is 0 Å². The Kier molecular flexibility index (Phi) is 7.01. The summed E-state index contributed by atoms with van der Waals surface area (Å²) in [6.45, 7) is 3.93. The maximum atomic E-state index is 14.7. The van der Waals surface area contributed by atoms with Crippen LogP contribution >= 0.6 is 23.1 Å². The van der Waals surface area contributed by atoms with Gasteiger partial charge in [0.15, 0.2) is 0 Å². The number of hydroxylamine groups is 1. The third kappa shape index (κ3) is 4.90. The molecule has 1 aliphatic rings. The Hall–Kier alpha value is -2.89. The molecule has 7 nitrogen and oxygen atoms in total. The van der Waals surface area contributed by atoms with Gasteiger partial charge in [0, 0.05) is 19.0 Å². The summed E-state index contributed by atoms with van der Waals surface area (Å²) in [6.07, 6.45) is 0.453. The SMILES string of the molecule is C/N=C(\C)NOCCC1(c2ccccc2)SC(c2cc(F)ccc2F)=NN1c1nnc(C)s1. The van der Waals surface area contributed by atoms with Crippen molar-refractivity contribution in [2.24, 2.45) is 10.1 Å². The number of hydrogen-bond acceptors (Lipinski definition) is 8. The lowest BCUT2D eigenvalue weighted by molar-refractivity contribution is 0.0761. The molecule has 1 aromatic heterocycles. The third-order valence-corrected chi connectivity index (χ3v) is 7.24. The number of rotatable bonds is 7. The first-order valence-electron chi connectivity index (χ1n) is 10.1. The molecule has 0 spiro atoms. The van der Waals surface area contributed by atoms with Crippen molar-refractivity contribution in [1.82, 2.24) is 15.7 Å². The molecular formula is C22H22F2N6OS2. The van der Waals surface area contributed by atoms with Gasteiger partial charge in [0.2, 0.25) is 5.13 Å². The second-order valence-corrected chi connectivity index (χ2v) is 9.63. The van der Waals surface area contributed by atoms with Crippen LogP contribution < -0.4 is 10.5 Å². The normalized spacial score (nSPS) is 18.5. The average Bonchev–Trinajstić information content (AvgIpc) is 3.43. The number of amidine groups is 1. The lowest BCUT2D eigenvalue weighted by atomic mass is 10.0. The van der Waals surface area contributed by atoms with E-state index in [9.17, 15) is 8.78 Å². The van der Waals surface area contributed by atoms with Crippen LogP contribution in [0.15, 0.2) is 58.6 Å². The molecule has 4 rings (SSSR count). The Labute approximate surface area is 198 Å². The molecule has 1 unspecified atom stereocenters. The average molecular weight is 489 g/mol. The van der Waals surface area contributed by atoms with Gasteiger partial charge >= 0.3 is 0 Å². The molecule has 33 heavy (non-hydrogen) atoms. The Morgan fingerprint density at radius 2 is 1.97 bits per heavy atom. The Morgan fingerprint density at radius 1 is 1.18 bits per heavy atom. The number of aromatic nitrogens is 2. The molecule has 0 amide bonds. The van der Waals surface area contributed by atoms with Gasteiger partial charge < -0.3 is 0 Å². The maximum absolute atomic E-state index is 14.7. The van der Waals surface area contributed by atoms with Crippen LogP contribution in [0.5, 0.6) is 0 Å². The van der Waals surface area contributed by atoms with Gasteiger partial charge in [-0.1, -0.05) is 53.4 Å². The summed E-state index contributed by atoms with van der Waals surface area (Å²) in [5, 5.41) is 16.5. The van der Waals surface area contributed by atoms with Crippen LogP contribution in [0.1, 0.15) is 29.5 Å². The second kappa shape index (κ2) is 9.94. The molecule has 0 aliphatic carbocycles.